The average molecular weight is 370 g/mol. The van der Waals surface area contributed by atoms with Crippen LogP contribution in [0.4, 0.5) is 5.69 Å². The predicted molar refractivity (Wildman–Crippen MR) is 103 cm³/mol. The molecule has 0 spiro atoms. The van der Waals surface area contributed by atoms with Gasteiger partial charge in [-0.15, -0.1) is 0 Å². The lowest BCUT2D eigenvalue weighted by molar-refractivity contribution is -0.166. The lowest BCUT2D eigenvalue weighted by Crippen LogP contribution is -2.74. The molecule has 0 saturated heterocycles. The molecule has 1 aliphatic rings. The summed E-state index contributed by atoms with van der Waals surface area (Å²) in [4.78, 5) is 21.0. The molecule has 27 heavy (non-hydrogen) atoms. The first-order valence-corrected chi connectivity index (χ1v) is 9.06. The van der Waals surface area contributed by atoms with Crippen LogP contribution in [0.5, 0.6) is 11.8 Å². The zero-order valence-corrected chi connectivity index (χ0v) is 16.2. The molecular formula is C20H26N4O3. The number of amides is 1. The van der Waals surface area contributed by atoms with Crippen molar-refractivity contribution < 1.29 is 14.3 Å². The number of carbonyl (C=O) groups excluding carboxylic acids is 1. The van der Waals surface area contributed by atoms with E-state index in [1.165, 1.54) is 0 Å². The molecule has 7 nitrogen and oxygen atoms in total. The second-order valence-electron chi connectivity index (χ2n) is 7.40. The van der Waals surface area contributed by atoms with Crippen LogP contribution < -0.4 is 15.8 Å². The van der Waals surface area contributed by atoms with Crippen molar-refractivity contribution >= 4 is 11.6 Å². The van der Waals surface area contributed by atoms with Crippen molar-refractivity contribution in [3.63, 3.8) is 0 Å². The third-order valence-corrected chi connectivity index (χ3v) is 5.33. The van der Waals surface area contributed by atoms with Gasteiger partial charge in [0.15, 0.2) is 0 Å². The molecule has 0 aliphatic heterocycles. The maximum absolute atomic E-state index is 12.8. The van der Waals surface area contributed by atoms with Gasteiger partial charge in [-0.25, -0.2) is 9.97 Å². The lowest BCUT2D eigenvalue weighted by atomic mass is 9.54. The van der Waals surface area contributed by atoms with Crippen molar-refractivity contribution in [1.82, 2.24) is 9.97 Å². The molecule has 1 saturated carbocycles. The van der Waals surface area contributed by atoms with E-state index in [-0.39, 0.29) is 18.0 Å². The van der Waals surface area contributed by atoms with E-state index in [9.17, 15) is 4.79 Å². The minimum atomic E-state index is -0.961. The van der Waals surface area contributed by atoms with E-state index in [0.29, 0.717) is 24.5 Å². The smallest absolute Gasteiger partial charge is 0.322 e. The first-order chi connectivity index (χ1) is 12.8. The van der Waals surface area contributed by atoms with Crippen molar-refractivity contribution in [2.24, 2.45) is 11.1 Å². The van der Waals surface area contributed by atoms with Crippen LogP contribution in [-0.2, 0) is 9.53 Å². The maximum atomic E-state index is 12.8. The van der Waals surface area contributed by atoms with E-state index in [4.69, 9.17) is 15.2 Å². The van der Waals surface area contributed by atoms with Gasteiger partial charge < -0.3 is 20.5 Å². The van der Waals surface area contributed by atoms with E-state index < -0.39 is 11.0 Å². The van der Waals surface area contributed by atoms with Gasteiger partial charge in [0, 0.05) is 36.0 Å². The quantitative estimate of drug-likeness (QED) is 0.811. The van der Waals surface area contributed by atoms with Gasteiger partial charge in [0.25, 0.3) is 0 Å². The Balaban J connectivity index is 1.64. The van der Waals surface area contributed by atoms with Gasteiger partial charge in [-0.3, -0.25) is 4.79 Å². The van der Waals surface area contributed by atoms with Crippen LogP contribution in [0.3, 0.4) is 0 Å². The summed E-state index contributed by atoms with van der Waals surface area (Å²) in [5, 5.41) is 2.90. The third-order valence-electron chi connectivity index (χ3n) is 5.33. The molecule has 1 aromatic heterocycles. The summed E-state index contributed by atoms with van der Waals surface area (Å²) in [6.07, 6.45) is 2.14. The molecule has 1 aliphatic carbocycles. The molecule has 1 amide bonds. The van der Waals surface area contributed by atoms with E-state index in [1.807, 2.05) is 27.7 Å². The fourth-order valence-electron chi connectivity index (χ4n) is 3.25. The highest BCUT2D eigenvalue weighted by Gasteiger charge is 2.62. The molecule has 2 unspecified atom stereocenters. The topological polar surface area (TPSA) is 99.4 Å². The fourth-order valence-corrected chi connectivity index (χ4v) is 3.25. The Hall–Kier alpha value is -2.51. The largest absolute Gasteiger partial charge is 0.424 e. The molecular weight excluding hydrogens is 344 g/mol. The van der Waals surface area contributed by atoms with Crippen LogP contribution in [0.15, 0.2) is 36.5 Å². The number of aromatic nitrogens is 2. The lowest BCUT2D eigenvalue weighted by Gasteiger charge is -2.57. The summed E-state index contributed by atoms with van der Waals surface area (Å²) in [5.74, 6) is 0.376. The maximum Gasteiger partial charge on any atom is 0.322 e. The number of anilines is 1. The zero-order chi connectivity index (χ0) is 19.7. The van der Waals surface area contributed by atoms with Gasteiger partial charge in [0.1, 0.15) is 11.3 Å². The Morgan fingerprint density at radius 3 is 2.59 bits per heavy atom. The second-order valence-corrected chi connectivity index (χ2v) is 7.40. The number of nitrogens with zero attached hydrogens (tertiary/aromatic N) is 2. The number of carbonyl (C=O) groups is 1. The summed E-state index contributed by atoms with van der Waals surface area (Å²) in [5.41, 5.74) is 6.49. The number of aryl methyl sites for hydroxylation is 1. The highest BCUT2D eigenvalue weighted by Crippen LogP contribution is 2.50. The Labute approximate surface area is 159 Å². The molecule has 1 heterocycles. The molecule has 0 radical (unpaired) electrons. The van der Waals surface area contributed by atoms with Gasteiger partial charge in [-0.1, -0.05) is 13.8 Å². The Kier molecular flexibility index (Phi) is 5.17. The van der Waals surface area contributed by atoms with Crippen LogP contribution in [0.25, 0.3) is 0 Å². The van der Waals surface area contributed by atoms with Gasteiger partial charge in [0.2, 0.25) is 5.91 Å². The number of nitrogens with two attached hydrogens (primary N) is 1. The van der Waals surface area contributed by atoms with E-state index in [0.717, 1.165) is 5.69 Å². The number of benzene rings is 1. The van der Waals surface area contributed by atoms with Crippen LogP contribution in [0, 0.1) is 12.3 Å². The third kappa shape index (κ3) is 3.65. The Bertz CT molecular complexity index is 822. The van der Waals surface area contributed by atoms with Crippen molar-refractivity contribution in [2.75, 3.05) is 11.9 Å². The van der Waals surface area contributed by atoms with Crippen LogP contribution in [0.1, 0.15) is 32.9 Å². The first kappa shape index (κ1) is 19.3. The number of ether oxygens (including phenoxy) is 2. The number of hydrogen-bond acceptors (Lipinski definition) is 6. The average Bonchev–Trinajstić information content (AvgIpc) is 2.63. The molecule has 7 heteroatoms. The number of nitrogens with one attached hydrogen (secondary N) is 1. The van der Waals surface area contributed by atoms with Crippen LogP contribution in [0.2, 0.25) is 0 Å². The molecule has 2 atom stereocenters. The van der Waals surface area contributed by atoms with E-state index in [1.54, 1.807) is 36.5 Å². The highest BCUT2D eigenvalue weighted by atomic mass is 16.5. The van der Waals surface area contributed by atoms with Gasteiger partial charge in [-0.2, -0.15) is 0 Å². The summed E-state index contributed by atoms with van der Waals surface area (Å²) in [7, 11) is 0. The SMILES string of the molecule is CCOC1CC(N)(C(=O)Nc2ccc(Oc3nccc(C)n3)cc2)C1(C)C. The van der Waals surface area contributed by atoms with E-state index in [2.05, 4.69) is 15.3 Å². The fraction of sp³-hybridized carbons (Fsp3) is 0.450. The molecule has 3 N–H and O–H groups in total. The van der Waals surface area contributed by atoms with Gasteiger partial charge in [-0.05, 0) is 44.2 Å². The molecule has 3 rings (SSSR count). The first-order valence-electron chi connectivity index (χ1n) is 9.06. The van der Waals surface area contributed by atoms with Crippen LogP contribution in [-0.4, -0.2) is 34.1 Å². The second kappa shape index (κ2) is 7.25. The Morgan fingerprint density at radius 2 is 2.00 bits per heavy atom. The van der Waals surface area contributed by atoms with Gasteiger partial charge in [0.05, 0.1) is 6.10 Å². The van der Waals surface area contributed by atoms with Crippen molar-refractivity contribution in [3.05, 3.63) is 42.2 Å². The predicted octanol–water partition coefficient (Wildman–Crippen LogP) is 3.05. The van der Waals surface area contributed by atoms with Crippen LogP contribution >= 0.6 is 0 Å². The minimum absolute atomic E-state index is 0.0108. The monoisotopic (exact) mass is 370 g/mol. The molecule has 0 bridgehead atoms. The summed E-state index contributed by atoms with van der Waals surface area (Å²) in [6.45, 7) is 8.36. The standard InChI is InChI=1S/C20H26N4O3/c1-5-26-16-12-20(21,19(16,3)4)17(25)24-14-6-8-15(9-7-14)27-18-22-11-10-13(2)23-18/h6-11,16H,5,12,21H2,1-4H3,(H,24,25). The van der Waals surface area contributed by atoms with Crippen molar-refractivity contribution in [3.8, 4) is 11.8 Å². The van der Waals surface area contributed by atoms with E-state index >= 15 is 0 Å². The number of hydrogen-bond donors (Lipinski definition) is 2. The Morgan fingerprint density at radius 1 is 1.30 bits per heavy atom. The molecule has 144 valence electrons. The highest BCUT2D eigenvalue weighted by molar-refractivity contribution is 5.99. The summed E-state index contributed by atoms with van der Waals surface area (Å²) < 4.78 is 11.3. The van der Waals surface area contributed by atoms with Crippen molar-refractivity contribution in [1.29, 1.82) is 0 Å². The normalized spacial score (nSPS) is 23.4. The van der Waals surface area contributed by atoms with Crippen molar-refractivity contribution in [2.45, 2.75) is 45.8 Å². The summed E-state index contributed by atoms with van der Waals surface area (Å²) in [6, 6.07) is 9.10. The number of rotatable bonds is 6. The zero-order valence-electron chi connectivity index (χ0n) is 16.2. The molecule has 1 fully saturated rings. The van der Waals surface area contributed by atoms with Gasteiger partial charge >= 0.3 is 6.01 Å². The molecule has 2 aromatic rings. The molecule has 1 aromatic carbocycles. The minimum Gasteiger partial charge on any atom is -0.424 e. The summed E-state index contributed by atoms with van der Waals surface area (Å²) >= 11 is 0.